The number of aryl methyl sites for hydroxylation is 1. The summed E-state index contributed by atoms with van der Waals surface area (Å²) in [4.78, 5) is 18.4. The molecule has 2 heterocycles. The molecule has 0 spiro atoms. The lowest BCUT2D eigenvalue weighted by atomic mass is 10.1. The van der Waals surface area contributed by atoms with Gasteiger partial charge in [0.1, 0.15) is 0 Å². The van der Waals surface area contributed by atoms with Crippen molar-refractivity contribution in [3.63, 3.8) is 0 Å². The van der Waals surface area contributed by atoms with Gasteiger partial charge in [-0.3, -0.25) is 4.68 Å². The highest BCUT2D eigenvalue weighted by Gasteiger charge is 2.34. The van der Waals surface area contributed by atoms with Gasteiger partial charge >= 0.3 is 12.2 Å². The normalized spacial score (nSPS) is 14.4. The van der Waals surface area contributed by atoms with Gasteiger partial charge in [-0.1, -0.05) is 0 Å². The fraction of sp³-hybridized carbons (Fsp3) is 0.467. The fourth-order valence-electron chi connectivity index (χ4n) is 2.43. The van der Waals surface area contributed by atoms with Gasteiger partial charge < -0.3 is 10.6 Å². The molecule has 3 rings (SSSR count). The molecule has 2 aromatic rings. The van der Waals surface area contributed by atoms with Crippen molar-refractivity contribution in [3.05, 3.63) is 41.2 Å². The Morgan fingerprint density at radius 1 is 1.20 bits per heavy atom. The number of rotatable bonds is 5. The Hall–Kier alpha value is -2.65. The maximum atomic E-state index is 12.4. The topological polar surface area (TPSA) is 84.7 Å². The monoisotopic (exact) mass is 354 g/mol. The van der Waals surface area contributed by atoms with Crippen molar-refractivity contribution >= 4 is 6.03 Å². The summed E-state index contributed by atoms with van der Waals surface area (Å²) < 4.78 is 38.9. The van der Waals surface area contributed by atoms with E-state index in [4.69, 9.17) is 0 Å². The molecule has 2 aromatic heterocycles. The third kappa shape index (κ3) is 4.25. The summed E-state index contributed by atoms with van der Waals surface area (Å²) in [7, 11) is 1.82. The first-order valence-corrected chi connectivity index (χ1v) is 7.75. The van der Waals surface area contributed by atoms with Crippen molar-refractivity contribution in [2.24, 2.45) is 7.05 Å². The van der Waals surface area contributed by atoms with E-state index in [1.807, 2.05) is 13.2 Å². The molecule has 2 N–H and O–H groups in total. The van der Waals surface area contributed by atoms with Crippen molar-refractivity contribution in [1.82, 2.24) is 30.4 Å². The van der Waals surface area contributed by atoms with E-state index in [9.17, 15) is 18.0 Å². The second-order valence-corrected chi connectivity index (χ2v) is 5.89. The van der Waals surface area contributed by atoms with Crippen LogP contribution in [0.4, 0.5) is 18.0 Å². The molecule has 134 valence electrons. The summed E-state index contributed by atoms with van der Waals surface area (Å²) in [5, 5.41) is 9.50. The minimum atomic E-state index is -4.58. The number of carbonyl (C=O) groups is 1. The largest absolute Gasteiger partial charge is 0.451 e. The molecule has 0 aromatic carbocycles. The zero-order valence-electron chi connectivity index (χ0n) is 13.5. The van der Waals surface area contributed by atoms with E-state index in [2.05, 4.69) is 25.7 Å². The maximum absolute atomic E-state index is 12.4. The number of urea groups is 1. The van der Waals surface area contributed by atoms with Crippen LogP contribution >= 0.6 is 0 Å². The zero-order valence-corrected chi connectivity index (χ0v) is 13.5. The number of amides is 2. The molecule has 0 unspecified atom stereocenters. The van der Waals surface area contributed by atoms with Crippen LogP contribution in [0.2, 0.25) is 0 Å². The Balaban J connectivity index is 1.49. The second-order valence-electron chi connectivity index (χ2n) is 5.89. The molecule has 0 aliphatic heterocycles. The minimum absolute atomic E-state index is 0.0326. The maximum Gasteiger partial charge on any atom is 0.451 e. The van der Waals surface area contributed by atoms with Gasteiger partial charge in [0.15, 0.2) is 0 Å². The standard InChI is InChI=1S/C15H17F3N6O/c1-24-12(11(7-23-24)10-2-3-10)8-22-14(25)21-6-9-4-19-13(20-5-9)15(16,17)18/h4-5,7,10H,2-3,6,8H2,1H3,(H2,21,22,25). The Morgan fingerprint density at radius 2 is 1.84 bits per heavy atom. The predicted molar refractivity (Wildman–Crippen MR) is 81.3 cm³/mol. The zero-order chi connectivity index (χ0) is 18.0. The molecule has 10 heteroatoms. The van der Waals surface area contributed by atoms with E-state index in [0.717, 1.165) is 36.5 Å². The average molecular weight is 354 g/mol. The van der Waals surface area contributed by atoms with Gasteiger partial charge in [-0.15, -0.1) is 0 Å². The van der Waals surface area contributed by atoms with Crippen LogP contribution in [0.25, 0.3) is 0 Å². The van der Waals surface area contributed by atoms with E-state index in [0.29, 0.717) is 18.0 Å². The molecular weight excluding hydrogens is 337 g/mol. The van der Waals surface area contributed by atoms with Gasteiger partial charge in [0.05, 0.1) is 18.4 Å². The fourth-order valence-corrected chi connectivity index (χ4v) is 2.43. The van der Waals surface area contributed by atoms with E-state index >= 15 is 0 Å². The average Bonchev–Trinajstić information content (AvgIpc) is 3.34. The van der Waals surface area contributed by atoms with Crippen LogP contribution in [-0.2, 0) is 26.3 Å². The summed E-state index contributed by atoms with van der Waals surface area (Å²) in [6.07, 6.45) is 1.61. The summed E-state index contributed by atoms with van der Waals surface area (Å²) in [5.41, 5.74) is 2.48. The number of alkyl halides is 3. The van der Waals surface area contributed by atoms with E-state index in [-0.39, 0.29) is 6.54 Å². The number of hydrogen-bond acceptors (Lipinski definition) is 4. The number of aromatic nitrogens is 4. The molecule has 7 nitrogen and oxygen atoms in total. The Kier molecular flexibility index (Phi) is 4.60. The molecule has 25 heavy (non-hydrogen) atoms. The number of halogens is 3. The van der Waals surface area contributed by atoms with Gasteiger partial charge in [-0.25, -0.2) is 14.8 Å². The smallest absolute Gasteiger partial charge is 0.334 e. The lowest BCUT2D eigenvalue weighted by Crippen LogP contribution is -2.35. The lowest BCUT2D eigenvalue weighted by molar-refractivity contribution is -0.145. The van der Waals surface area contributed by atoms with Crippen molar-refractivity contribution in [2.75, 3.05) is 0 Å². The number of nitrogens with zero attached hydrogens (tertiary/aromatic N) is 4. The third-order valence-electron chi connectivity index (χ3n) is 3.94. The van der Waals surface area contributed by atoms with Crippen molar-refractivity contribution < 1.29 is 18.0 Å². The highest BCUT2D eigenvalue weighted by molar-refractivity contribution is 5.73. The molecule has 1 saturated carbocycles. The quantitative estimate of drug-likeness (QED) is 0.861. The van der Waals surface area contributed by atoms with Gasteiger partial charge in [-0.05, 0) is 24.3 Å². The molecule has 1 aliphatic carbocycles. The number of hydrogen-bond donors (Lipinski definition) is 2. The van der Waals surface area contributed by atoms with Crippen molar-refractivity contribution in [3.8, 4) is 0 Å². The highest BCUT2D eigenvalue weighted by atomic mass is 19.4. The Bertz CT molecular complexity index is 752. The summed E-state index contributed by atoms with van der Waals surface area (Å²) in [5.74, 6) is -0.678. The molecule has 1 aliphatic rings. The van der Waals surface area contributed by atoms with Gasteiger partial charge in [0.25, 0.3) is 0 Å². The van der Waals surface area contributed by atoms with Crippen LogP contribution in [0.3, 0.4) is 0 Å². The van der Waals surface area contributed by atoms with Crippen LogP contribution in [0.5, 0.6) is 0 Å². The molecule has 0 radical (unpaired) electrons. The lowest BCUT2D eigenvalue weighted by Gasteiger charge is -2.10. The van der Waals surface area contributed by atoms with Crippen LogP contribution in [0.15, 0.2) is 18.6 Å². The summed E-state index contributed by atoms with van der Waals surface area (Å²) in [6.45, 7) is 0.364. The predicted octanol–water partition coefficient (Wildman–Crippen LogP) is 2.11. The molecule has 0 atom stereocenters. The van der Waals surface area contributed by atoms with Crippen LogP contribution in [0.1, 0.15) is 41.4 Å². The van der Waals surface area contributed by atoms with Crippen LogP contribution in [-0.4, -0.2) is 25.8 Å². The number of carbonyl (C=O) groups excluding carboxylic acids is 1. The van der Waals surface area contributed by atoms with Crippen LogP contribution in [0, 0.1) is 0 Å². The Labute approximate surface area is 141 Å². The Morgan fingerprint density at radius 3 is 2.44 bits per heavy atom. The number of nitrogens with one attached hydrogen (secondary N) is 2. The molecular formula is C15H17F3N6O. The van der Waals surface area contributed by atoms with Gasteiger partial charge in [0, 0.05) is 31.5 Å². The SMILES string of the molecule is Cn1ncc(C2CC2)c1CNC(=O)NCc1cnc(C(F)(F)F)nc1. The first-order chi connectivity index (χ1) is 11.8. The van der Waals surface area contributed by atoms with Crippen molar-refractivity contribution in [2.45, 2.75) is 38.0 Å². The van der Waals surface area contributed by atoms with E-state index < -0.39 is 18.0 Å². The van der Waals surface area contributed by atoms with Crippen LogP contribution < -0.4 is 10.6 Å². The summed E-state index contributed by atoms with van der Waals surface area (Å²) >= 11 is 0. The molecule has 1 fully saturated rings. The highest BCUT2D eigenvalue weighted by Crippen LogP contribution is 2.41. The van der Waals surface area contributed by atoms with E-state index in [1.165, 1.54) is 0 Å². The molecule has 0 bridgehead atoms. The third-order valence-corrected chi connectivity index (χ3v) is 3.94. The van der Waals surface area contributed by atoms with E-state index in [1.54, 1.807) is 4.68 Å². The van der Waals surface area contributed by atoms with Crippen molar-refractivity contribution in [1.29, 1.82) is 0 Å². The van der Waals surface area contributed by atoms with Gasteiger partial charge in [-0.2, -0.15) is 18.3 Å². The second kappa shape index (κ2) is 6.69. The first kappa shape index (κ1) is 17.2. The first-order valence-electron chi connectivity index (χ1n) is 7.75. The van der Waals surface area contributed by atoms with Gasteiger partial charge in [0.2, 0.25) is 5.82 Å². The molecule has 0 saturated heterocycles. The summed E-state index contributed by atoms with van der Waals surface area (Å²) in [6, 6.07) is -0.428. The molecule has 2 amide bonds. The minimum Gasteiger partial charge on any atom is -0.334 e.